The summed E-state index contributed by atoms with van der Waals surface area (Å²) in [4.78, 5) is 11.9. The summed E-state index contributed by atoms with van der Waals surface area (Å²) in [6, 6.07) is 8.19. The van der Waals surface area contributed by atoms with Crippen LogP contribution in [0.4, 0.5) is 11.4 Å². The Morgan fingerprint density at radius 2 is 2.06 bits per heavy atom. The highest BCUT2D eigenvalue weighted by Gasteiger charge is 2.32. The van der Waals surface area contributed by atoms with E-state index in [2.05, 4.69) is 36.7 Å². The number of nitrogen functional groups attached to an aromatic ring is 1. The van der Waals surface area contributed by atoms with Crippen molar-refractivity contribution in [1.29, 1.82) is 0 Å². The molecule has 0 bridgehead atoms. The van der Waals surface area contributed by atoms with Gasteiger partial charge < -0.3 is 20.6 Å². The Kier molecular flexibility index (Phi) is 7.03. The number of carboxylic acids is 1. The van der Waals surface area contributed by atoms with Crippen LogP contribution in [0.2, 0.25) is 0 Å². The second-order valence-corrected chi connectivity index (χ2v) is 9.01. The van der Waals surface area contributed by atoms with E-state index in [1.807, 2.05) is 12.1 Å². The zero-order chi connectivity index (χ0) is 22.9. The molecule has 2 aromatic rings. The van der Waals surface area contributed by atoms with Crippen LogP contribution in [-0.2, 0) is 11.2 Å². The van der Waals surface area contributed by atoms with E-state index in [0.29, 0.717) is 23.2 Å². The number of aliphatic carboxylic acids is 1. The van der Waals surface area contributed by atoms with Gasteiger partial charge in [0.05, 0.1) is 19.2 Å². The van der Waals surface area contributed by atoms with Crippen molar-refractivity contribution in [3.8, 4) is 5.75 Å². The first-order chi connectivity index (χ1) is 14.7. The third-order valence-electron chi connectivity index (χ3n) is 6.20. The van der Waals surface area contributed by atoms with Crippen LogP contribution < -0.4 is 21.3 Å². The lowest BCUT2D eigenvalue weighted by atomic mass is 9.83. The Morgan fingerprint density at radius 3 is 2.65 bits per heavy atom. The van der Waals surface area contributed by atoms with Crippen LogP contribution >= 0.6 is 11.9 Å². The molecule has 2 atom stereocenters. The first-order valence-corrected chi connectivity index (χ1v) is 11.4. The largest absolute Gasteiger partial charge is 0.494 e. The Balaban J connectivity index is 2.18. The maximum Gasteiger partial charge on any atom is 0.304 e. The van der Waals surface area contributed by atoms with Crippen LogP contribution in [0, 0.1) is 6.92 Å². The third kappa shape index (κ3) is 4.46. The second-order valence-electron chi connectivity index (χ2n) is 8.07. The van der Waals surface area contributed by atoms with E-state index in [4.69, 9.17) is 16.3 Å². The number of nitrogens with zero attached hydrogens (tertiary/aromatic N) is 2. The van der Waals surface area contributed by atoms with Gasteiger partial charge in [-0.05, 0) is 73.0 Å². The predicted molar refractivity (Wildman–Crippen MR) is 128 cm³/mol. The first-order valence-electron chi connectivity index (χ1n) is 10.3. The number of anilines is 2. The maximum atomic E-state index is 11.9. The van der Waals surface area contributed by atoms with Crippen molar-refractivity contribution < 1.29 is 14.6 Å². The number of aryl methyl sites for hydroxylation is 1. The van der Waals surface area contributed by atoms with Crippen molar-refractivity contribution in [2.75, 3.05) is 38.2 Å². The lowest BCUT2D eigenvalue weighted by Crippen LogP contribution is -2.26. The summed E-state index contributed by atoms with van der Waals surface area (Å²) < 4.78 is 7.81. The van der Waals surface area contributed by atoms with Gasteiger partial charge in [0.2, 0.25) is 0 Å². The molecular weight excluding hydrogens is 412 g/mol. The zero-order valence-electron chi connectivity index (χ0n) is 18.8. The summed E-state index contributed by atoms with van der Waals surface area (Å²) in [7, 11) is 5.36. The van der Waals surface area contributed by atoms with Crippen LogP contribution in [0.1, 0.15) is 52.6 Å². The van der Waals surface area contributed by atoms with Crippen LogP contribution in [0.15, 0.2) is 24.3 Å². The fourth-order valence-corrected chi connectivity index (χ4v) is 5.22. The minimum atomic E-state index is -0.854. The van der Waals surface area contributed by atoms with Gasteiger partial charge in [0.1, 0.15) is 11.4 Å². The molecule has 8 heteroatoms. The van der Waals surface area contributed by atoms with Crippen molar-refractivity contribution in [2.45, 2.75) is 38.1 Å². The number of rotatable bonds is 8. The highest BCUT2D eigenvalue weighted by atomic mass is 32.2. The average molecular weight is 445 g/mol. The van der Waals surface area contributed by atoms with Gasteiger partial charge in [-0.3, -0.25) is 4.79 Å². The minimum absolute atomic E-state index is 0.0288. The van der Waals surface area contributed by atoms with Gasteiger partial charge in [0.15, 0.2) is 0 Å². The summed E-state index contributed by atoms with van der Waals surface area (Å²) in [5.74, 6) is 5.27. The van der Waals surface area contributed by atoms with Gasteiger partial charge >= 0.3 is 5.97 Å². The Labute approximate surface area is 188 Å². The Hall–Kier alpha value is -2.42. The van der Waals surface area contributed by atoms with Crippen molar-refractivity contribution in [1.82, 2.24) is 4.31 Å². The smallest absolute Gasteiger partial charge is 0.304 e. The summed E-state index contributed by atoms with van der Waals surface area (Å²) in [6.07, 6.45) is 4.00. The number of hydrogen-bond donors (Lipinski definition) is 3. The third-order valence-corrected chi connectivity index (χ3v) is 7.03. The Bertz CT molecular complexity index is 980. The van der Waals surface area contributed by atoms with E-state index >= 15 is 0 Å². The van der Waals surface area contributed by atoms with E-state index in [-0.39, 0.29) is 12.3 Å². The minimum Gasteiger partial charge on any atom is -0.494 e. The molecule has 1 aliphatic carbocycles. The van der Waals surface area contributed by atoms with Crippen molar-refractivity contribution in [3.63, 3.8) is 0 Å². The normalized spacial score (nSPS) is 16.3. The lowest BCUT2D eigenvalue weighted by molar-refractivity contribution is -0.137. The quantitative estimate of drug-likeness (QED) is 0.245. The van der Waals surface area contributed by atoms with Crippen molar-refractivity contribution >= 4 is 29.3 Å². The molecule has 0 heterocycles. The number of hydrogen-bond acceptors (Lipinski definition) is 7. The average Bonchev–Trinajstić information content (AvgIpc) is 3.17. The molecule has 0 amide bonds. The molecule has 7 nitrogen and oxygen atoms in total. The molecule has 2 aromatic carbocycles. The Morgan fingerprint density at radius 1 is 1.35 bits per heavy atom. The molecular formula is C23H32N4O3S. The van der Waals surface area contributed by atoms with Crippen molar-refractivity contribution in [2.24, 2.45) is 5.84 Å². The summed E-state index contributed by atoms with van der Waals surface area (Å²) >= 11 is 1.72. The molecule has 0 saturated carbocycles. The van der Waals surface area contributed by atoms with Gasteiger partial charge in [-0.1, -0.05) is 24.1 Å². The van der Waals surface area contributed by atoms with E-state index in [9.17, 15) is 9.90 Å². The summed E-state index contributed by atoms with van der Waals surface area (Å²) in [5, 5.41) is 11.1. The molecule has 0 aliphatic heterocycles. The molecule has 5 N–H and O–H groups in total. The van der Waals surface area contributed by atoms with Gasteiger partial charge in [-0.15, -0.1) is 0 Å². The number of methoxy groups -OCH3 is 1. The fourth-order valence-electron chi connectivity index (χ4n) is 4.75. The highest BCUT2D eigenvalue weighted by Crippen LogP contribution is 2.46. The van der Waals surface area contributed by atoms with E-state index < -0.39 is 5.97 Å². The monoisotopic (exact) mass is 444 g/mol. The van der Waals surface area contributed by atoms with E-state index in [1.54, 1.807) is 26.1 Å². The van der Waals surface area contributed by atoms with E-state index in [1.165, 1.54) is 21.7 Å². The number of benzene rings is 2. The highest BCUT2D eigenvalue weighted by molar-refractivity contribution is 7.96. The summed E-state index contributed by atoms with van der Waals surface area (Å²) in [5.41, 5.74) is 13.0. The van der Waals surface area contributed by atoms with Crippen LogP contribution in [-0.4, -0.2) is 42.8 Å². The van der Waals surface area contributed by atoms with E-state index in [0.717, 1.165) is 24.0 Å². The molecule has 3 rings (SSSR count). The molecule has 1 aliphatic rings. The topological polar surface area (TPSA) is 105 Å². The standard InChI is InChI=1S/C23H32N4O3S/c1-13-6-7-15(16-8-9-19(22(13)16)27(3)31-5)17(12-21(28)29)14-10-18(24)23(26(2)25)20(11-14)30-4/h6-7,10-11,17,19H,8-9,12,24-25H2,1-5H3,(H,28,29). The van der Waals surface area contributed by atoms with Gasteiger partial charge in [0.25, 0.3) is 0 Å². The van der Waals surface area contributed by atoms with Crippen LogP contribution in [0.5, 0.6) is 5.75 Å². The molecule has 0 saturated heterocycles. The molecule has 0 radical (unpaired) electrons. The van der Waals surface area contributed by atoms with Gasteiger partial charge in [0, 0.05) is 19.0 Å². The number of fused-ring (bicyclic) bond motifs is 1. The fraction of sp³-hybridized carbons (Fsp3) is 0.435. The van der Waals surface area contributed by atoms with Crippen LogP contribution in [0.3, 0.4) is 0 Å². The molecule has 168 valence electrons. The van der Waals surface area contributed by atoms with Crippen molar-refractivity contribution in [3.05, 3.63) is 52.1 Å². The number of nitrogens with two attached hydrogens (primary N) is 2. The maximum absolute atomic E-state index is 11.9. The lowest BCUT2D eigenvalue weighted by Gasteiger charge is -2.26. The predicted octanol–water partition coefficient (Wildman–Crippen LogP) is 3.70. The molecule has 31 heavy (non-hydrogen) atoms. The number of carbonyl (C=O) groups is 1. The molecule has 0 fully saturated rings. The second kappa shape index (κ2) is 9.38. The molecule has 0 aromatic heterocycles. The van der Waals surface area contributed by atoms with Gasteiger partial charge in [-0.25, -0.2) is 10.1 Å². The first kappa shape index (κ1) is 23.2. The number of hydrazine groups is 1. The molecule has 0 spiro atoms. The molecule has 2 unspecified atom stereocenters. The van der Waals surface area contributed by atoms with Crippen LogP contribution in [0.25, 0.3) is 0 Å². The number of carboxylic acid groups (broad SMARTS) is 1. The SMILES string of the molecule is COc1cc(C(CC(=O)O)c2ccc(C)c3c2CCC3N(C)SC)cc(N)c1N(C)N. The summed E-state index contributed by atoms with van der Waals surface area (Å²) in [6.45, 7) is 2.13. The zero-order valence-corrected chi connectivity index (χ0v) is 19.6. The van der Waals surface area contributed by atoms with Gasteiger partial charge in [-0.2, -0.15) is 0 Å². The number of ether oxygens (including phenoxy) is 1.